The Labute approximate surface area is 147 Å². The monoisotopic (exact) mass is 349 g/mol. The van der Waals surface area contributed by atoms with Gasteiger partial charge < -0.3 is 9.73 Å². The number of nitrogens with one attached hydrogen (secondary N) is 1. The Morgan fingerprint density at radius 2 is 2.04 bits per heavy atom. The number of carbonyl (C=O) groups is 2. The van der Waals surface area contributed by atoms with Gasteiger partial charge in [0, 0.05) is 24.9 Å². The second-order valence-corrected chi connectivity index (χ2v) is 8.32. The number of imide groups is 1. The predicted molar refractivity (Wildman–Crippen MR) is 90.7 cm³/mol. The molecule has 0 radical (unpaired) electrons. The third kappa shape index (κ3) is 3.27. The van der Waals surface area contributed by atoms with Crippen LogP contribution in [0.25, 0.3) is 0 Å². The second-order valence-electron chi connectivity index (χ2n) is 8.32. The van der Waals surface area contributed by atoms with Crippen LogP contribution in [0.4, 0.5) is 4.79 Å². The van der Waals surface area contributed by atoms with E-state index in [1.165, 1.54) is 11.9 Å². The summed E-state index contributed by atoms with van der Waals surface area (Å²) in [6, 6.07) is -0.323. The number of urea groups is 1. The van der Waals surface area contributed by atoms with Crippen molar-refractivity contribution in [2.75, 3.05) is 20.1 Å². The highest BCUT2D eigenvalue weighted by molar-refractivity contribution is 6.06. The maximum atomic E-state index is 12.5. The number of rotatable bonds is 3. The van der Waals surface area contributed by atoms with Crippen molar-refractivity contribution in [3.8, 4) is 0 Å². The molecule has 2 atom stereocenters. The van der Waals surface area contributed by atoms with Gasteiger partial charge in [0.05, 0.1) is 6.54 Å². The van der Waals surface area contributed by atoms with E-state index in [0.29, 0.717) is 24.9 Å². The van der Waals surface area contributed by atoms with Crippen LogP contribution in [0.15, 0.2) is 4.42 Å². The second kappa shape index (κ2) is 6.09. The number of hydrogen-bond donors (Lipinski definition) is 1. The summed E-state index contributed by atoms with van der Waals surface area (Å²) in [5.74, 6) is 1.13. The molecular weight excluding hydrogens is 322 g/mol. The Bertz CT molecular complexity index is 680. The first kappa shape index (κ1) is 17.8. The van der Waals surface area contributed by atoms with E-state index in [0.717, 1.165) is 19.4 Å². The van der Waals surface area contributed by atoms with E-state index >= 15 is 0 Å². The van der Waals surface area contributed by atoms with Gasteiger partial charge in [-0.3, -0.25) is 14.6 Å². The SMILES string of the molecule is CN1C(=O)NC(C)(C2CCCN(Cc3nnc(C(C)(C)C)o3)C2)C1=O. The molecule has 3 rings (SSSR count). The first-order valence-electron chi connectivity index (χ1n) is 8.77. The lowest BCUT2D eigenvalue weighted by atomic mass is 9.80. The third-order valence-corrected chi connectivity index (χ3v) is 5.21. The molecule has 3 heterocycles. The summed E-state index contributed by atoms with van der Waals surface area (Å²) >= 11 is 0. The maximum absolute atomic E-state index is 12.5. The summed E-state index contributed by atoms with van der Waals surface area (Å²) in [5.41, 5.74) is -1.01. The van der Waals surface area contributed by atoms with Crippen molar-refractivity contribution in [3.05, 3.63) is 11.8 Å². The normalized spacial score (nSPS) is 28.5. The van der Waals surface area contributed by atoms with E-state index in [1.807, 2.05) is 27.7 Å². The Hall–Kier alpha value is -1.96. The summed E-state index contributed by atoms with van der Waals surface area (Å²) in [5, 5.41) is 11.2. The first-order valence-corrected chi connectivity index (χ1v) is 8.77. The van der Waals surface area contributed by atoms with Crippen molar-refractivity contribution in [2.24, 2.45) is 5.92 Å². The van der Waals surface area contributed by atoms with Crippen LogP contribution in [0.5, 0.6) is 0 Å². The van der Waals surface area contributed by atoms with Crippen LogP contribution >= 0.6 is 0 Å². The number of nitrogens with zero attached hydrogens (tertiary/aromatic N) is 4. The topological polar surface area (TPSA) is 91.6 Å². The molecule has 0 aliphatic carbocycles. The molecule has 0 bridgehead atoms. The molecule has 138 valence electrons. The fourth-order valence-corrected chi connectivity index (χ4v) is 3.56. The summed E-state index contributed by atoms with van der Waals surface area (Å²) in [4.78, 5) is 27.8. The Morgan fingerprint density at radius 1 is 1.32 bits per heavy atom. The van der Waals surface area contributed by atoms with Crippen LogP contribution in [0.3, 0.4) is 0 Å². The number of carbonyl (C=O) groups excluding carboxylic acids is 2. The van der Waals surface area contributed by atoms with Crippen molar-refractivity contribution in [1.82, 2.24) is 25.3 Å². The molecule has 2 unspecified atom stereocenters. The van der Waals surface area contributed by atoms with Gasteiger partial charge in [-0.2, -0.15) is 0 Å². The molecule has 2 saturated heterocycles. The molecule has 1 N–H and O–H groups in total. The van der Waals surface area contributed by atoms with Crippen LogP contribution in [-0.4, -0.2) is 57.6 Å². The summed E-state index contributed by atoms with van der Waals surface area (Å²) < 4.78 is 5.78. The van der Waals surface area contributed by atoms with Crippen LogP contribution in [0.1, 0.15) is 52.3 Å². The smallest absolute Gasteiger partial charge is 0.324 e. The van der Waals surface area contributed by atoms with E-state index in [2.05, 4.69) is 20.4 Å². The third-order valence-electron chi connectivity index (χ3n) is 5.21. The van der Waals surface area contributed by atoms with E-state index < -0.39 is 5.54 Å². The van der Waals surface area contributed by atoms with Crippen LogP contribution < -0.4 is 5.32 Å². The maximum Gasteiger partial charge on any atom is 0.324 e. The molecule has 0 aromatic carbocycles. The van der Waals surface area contributed by atoms with Gasteiger partial charge in [-0.05, 0) is 26.3 Å². The number of amides is 3. The van der Waals surface area contributed by atoms with Gasteiger partial charge >= 0.3 is 6.03 Å². The van der Waals surface area contributed by atoms with E-state index in [4.69, 9.17) is 4.42 Å². The number of piperidine rings is 1. The van der Waals surface area contributed by atoms with E-state index in [-0.39, 0.29) is 23.3 Å². The molecule has 0 spiro atoms. The highest BCUT2D eigenvalue weighted by Crippen LogP contribution is 2.32. The molecule has 0 saturated carbocycles. The fraction of sp³-hybridized carbons (Fsp3) is 0.765. The molecular formula is C17H27N5O3. The van der Waals surface area contributed by atoms with Crippen molar-refractivity contribution in [1.29, 1.82) is 0 Å². The van der Waals surface area contributed by atoms with Gasteiger partial charge in [0.15, 0.2) is 0 Å². The molecule has 2 aliphatic heterocycles. The number of hydrogen-bond acceptors (Lipinski definition) is 6. The molecule has 1 aromatic heterocycles. The highest BCUT2D eigenvalue weighted by Gasteiger charge is 2.51. The van der Waals surface area contributed by atoms with E-state index in [9.17, 15) is 9.59 Å². The minimum Gasteiger partial charge on any atom is -0.423 e. The lowest BCUT2D eigenvalue weighted by Crippen LogP contribution is -2.55. The Balaban J connectivity index is 1.69. The minimum atomic E-state index is -0.837. The fourth-order valence-electron chi connectivity index (χ4n) is 3.56. The van der Waals surface area contributed by atoms with Crippen LogP contribution in [0, 0.1) is 5.92 Å². The van der Waals surface area contributed by atoms with Gasteiger partial charge in [-0.25, -0.2) is 4.79 Å². The van der Waals surface area contributed by atoms with Gasteiger partial charge in [0.25, 0.3) is 5.91 Å². The van der Waals surface area contributed by atoms with E-state index in [1.54, 1.807) is 0 Å². The molecule has 1 aromatic rings. The molecule has 8 nitrogen and oxygen atoms in total. The van der Waals surface area contributed by atoms with Gasteiger partial charge in [-0.15, -0.1) is 10.2 Å². The zero-order chi connectivity index (χ0) is 18.4. The zero-order valence-corrected chi connectivity index (χ0v) is 15.6. The predicted octanol–water partition coefficient (Wildman–Crippen LogP) is 1.52. The average molecular weight is 349 g/mol. The van der Waals surface area contributed by atoms with Gasteiger partial charge in [-0.1, -0.05) is 20.8 Å². The van der Waals surface area contributed by atoms with Gasteiger partial charge in [0.2, 0.25) is 11.8 Å². The van der Waals surface area contributed by atoms with Crippen molar-refractivity contribution >= 4 is 11.9 Å². The Morgan fingerprint density at radius 3 is 2.60 bits per heavy atom. The van der Waals surface area contributed by atoms with Crippen molar-refractivity contribution in [2.45, 2.75) is 58.0 Å². The minimum absolute atomic E-state index is 0.0626. The highest BCUT2D eigenvalue weighted by atomic mass is 16.4. The number of aromatic nitrogens is 2. The molecule has 2 fully saturated rings. The van der Waals surface area contributed by atoms with Crippen molar-refractivity contribution < 1.29 is 14.0 Å². The quantitative estimate of drug-likeness (QED) is 0.832. The lowest BCUT2D eigenvalue weighted by Gasteiger charge is -2.39. The summed E-state index contributed by atoms with van der Waals surface area (Å²) in [6.45, 7) is 10.1. The number of likely N-dealkylation sites (N-methyl/N-ethyl adjacent to an activating group) is 1. The summed E-state index contributed by atoms with van der Waals surface area (Å²) in [7, 11) is 1.52. The Kier molecular flexibility index (Phi) is 4.35. The lowest BCUT2D eigenvalue weighted by molar-refractivity contribution is -0.132. The number of likely N-dealkylation sites (tertiary alicyclic amines) is 1. The standard InChI is InChI=1S/C17H27N5O3/c1-16(2,3)13-20-19-12(25-13)10-22-8-6-7-11(9-22)17(4)14(23)21(5)15(24)18-17/h11H,6-10H2,1-5H3,(H,18,24). The molecule has 3 amide bonds. The zero-order valence-electron chi connectivity index (χ0n) is 15.6. The van der Waals surface area contributed by atoms with Crippen LogP contribution in [-0.2, 0) is 16.8 Å². The largest absolute Gasteiger partial charge is 0.423 e. The summed E-state index contributed by atoms with van der Waals surface area (Å²) in [6.07, 6.45) is 1.87. The molecule has 25 heavy (non-hydrogen) atoms. The first-order chi connectivity index (χ1) is 11.6. The average Bonchev–Trinajstić information content (AvgIpc) is 3.08. The molecule has 2 aliphatic rings. The molecule has 8 heteroatoms. The van der Waals surface area contributed by atoms with Crippen molar-refractivity contribution in [3.63, 3.8) is 0 Å². The van der Waals surface area contributed by atoms with Crippen LogP contribution in [0.2, 0.25) is 0 Å². The van der Waals surface area contributed by atoms with Gasteiger partial charge in [0.1, 0.15) is 5.54 Å².